The van der Waals surface area contributed by atoms with E-state index in [9.17, 15) is 13.2 Å². The number of allylic oxidation sites excluding steroid dienone is 1. The van der Waals surface area contributed by atoms with E-state index in [4.69, 9.17) is 25.5 Å². The zero-order chi connectivity index (χ0) is 34.6. The van der Waals surface area contributed by atoms with Crippen LogP contribution in [-0.2, 0) is 33.0 Å². The second-order valence-corrected chi connectivity index (χ2v) is 17.1. The van der Waals surface area contributed by atoms with Crippen LogP contribution in [0, 0.1) is 24.7 Å². The summed E-state index contributed by atoms with van der Waals surface area (Å²) in [6.45, 7) is 7.16. The molecule has 1 amide bonds. The summed E-state index contributed by atoms with van der Waals surface area (Å²) in [6, 6.07) is 11.5. The summed E-state index contributed by atoms with van der Waals surface area (Å²) >= 11 is 6.46. The lowest BCUT2D eigenvalue weighted by Crippen LogP contribution is -2.54. The van der Waals surface area contributed by atoms with Gasteiger partial charge in [0.15, 0.2) is 0 Å². The fraction of sp³-hybridized carbons (Fsp3) is 0.541. The quantitative estimate of drug-likeness (QED) is 0.317. The van der Waals surface area contributed by atoms with Gasteiger partial charge in [-0.05, 0) is 105 Å². The van der Waals surface area contributed by atoms with Crippen molar-refractivity contribution in [1.82, 2.24) is 14.9 Å². The Morgan fingerprint density at radius 3 is 2.71 bits per heavy atom. The molecule has 6 atom stereocenters. The van der Waals surface area contributed by atoms with Crippen molar-refractivity contribution in [1.29, 1.82) is 0 Å². The molecular formula is C37H45ClN4O6S. The highest BCUT2D eigenvalue weighted by Crippen LogP contribution is 2.49. The van der Waals surface area contributed by atoms with Gasteiger partial charge < -0.3 is 18.8 Å². The molecule has 3 heterocycles. The summed E-state index contributed by atoms with van der Waals surface area (Å²) in [5.41, 5.74) is 2.52. The minimum Gasteiger partial charge on any atom is -0.490 e. The first-order valence-electron chi connectivity index (χ1n) is 17.3. The fourth-order valence-electron chi connectivity index (χ4n) is 8.48. The van der Waals surface area contributed by atoms with Crippen molar-refractivity contribution in [3.63, 3.8) is 0 Å². The average Bonchev–Trinajstić information content (AvgIpc) is 3.40. The topological polar surface area (TPSA) is 124 Å². The molecule has 1 saturated carbocycles. The lowest BCUT2D eigenvalue weighted by atomic mass is 9.63. The van der Waals surface area contributed by atoms with Crippen molar-refractivity contribution in [3.8, 4) is 5.75 Å². The monoisotopic (exact) mass is 708 g/mol. The zero-order valence-corrected chi connectivity index (χ0v) is 30.1. The van der Waals surface area contributed by atoms with E-state index < -0.39 is 26.8 Å². The Balaban J connectivity index is 1.34. The summed E-state index contributed by atoms with van der Waals surface area (Å²) in [4.78, 5) is 15.9. The first-order chi connectivity index (χ1) is 23.4. The van der Waals surface area contributed by atoms with Crippen LogP contribution in [0.2, 0.25) is 5.02 Å². The average molecular weight is 709 g/mol. The number of methoxy groups -OCH3 is 1. The van der Waals surface area contributed by atoms with Crippen molar-refractivity contribution in [2.75, 3.05) is 31.7 Å². The molecule has 7 rings (SSSR count). The second-order valence-electron chi connectivity index (χ2n) is 14.6. The third-order valence-electron chi connectivity index (χ3n) is 11.6. The van der Waals surface area contributed by atoms with Gasteiger partial charge in [0.1, 0.15) is 5.75 Å². The lowest BCUT2D eigenvalue weighted by Gasteiger charge is -2.50. The molecule has 2 aliphatic heterocycles. The Labute approximate surface area is 293 Å². The normalized spacial score (nSPS) is 31.8. The maximum absolute atomic E-state index is 13.6. The third kappa shape index (κ3) is 6.38. The number of aryl methyl sites for hydroxylation is 2. The van der Waals surface area contributed by atoms with Gasteiger partial charge in [-0.3, -0.25) is 4.79 Å². The Morgan fingerprint density at radius 1 is 1.14 bits per heavy atom. The number of ether oxygens (including phenoxy) is 2. The molecule has 0 radical (unpaired) electrons. The Kier molecular flexibility index (Phi) is 9.07. The predicted octanol–water partition coefficient (Wildman–Crippen LogP) is 6.20. The van der Waals surface area contributed by atoms with Crippen molar-refractivity contribution >= 4 is 33.2 Å². The van der Waals surface area contributed by atoms with E-state index in [1.807, 2.05) is 25.1 Å². The number of nitrogens with one attached hydrogen (secondary N) is 1. The summed E-state index contributed by atoms with van der Waals surface area (Å²) in [5, 5.41) is 8.32. The van der Waals surface area contributed by atoms with Crippen molar-refractivity contribution < 1.29 is 27.1 Å². The van der Waals surface area contributed by atoms with Crippen LogP contribution in [-0.4, -0.2) is 62.2 Å². The van der Waals surface area contributed by atoms with E-state index in [0.29, 0.717) is 50.1 Å². The molecule has 10 nitrogen and oxygen atoms in total. The van der Waals surface area contributed by atoms with E-state index in [2.05, 4.69) is 38.0 Å². The van der Waals surface area contributed by atoms with Gasteiger partial charge in [-0.1, -0.05) is 36.7 Å². The molecule has 2 aliphatic carbocycles. The molecule has 1 aromatic heterocycles. The number of halogens is 1. The van der Waals surface area contributed by atoms with Crippen molar-refractivity contribution in [3.05, 3.63) is 82.0 Å². The van der Waals surface area contributed by atoms with E-state index in [-0.39, 0.29) is 28.7 Å². The maximum atomic E-state index is 13.6. The molecule has 4 aliphatic rings. The van der Waals surface area contributed by atoms with Crippen LogP contribution in [0.3, 0.4) is 0 Å². The Bertz CT molecular complexity index is 1880. The van der Waals surface area contributed by atoms with E-state index in [1.165, 1.54) is 11.1 Å². The van der Waals surface area contributed by atoms with Gasteiger partial charge in [0, 0.05) is 43.1 Å². The van der Waals surface area contributed by atoms with Crippen LogP contribution >= 0.6 is 11.6 Å². The number of amides is 1. The molecule has 2 aromatic carbocycles. The molecule has 49 heavy (non-hydrogen) atoms. The lowest BCUT2D eigenvalue weighted by molar-refractivity contribution is -0.0777. The summed E-state index contributed by atoms with van der Waals surface area (Å²) < 4.78 is 48.3. The highest BCUT2D eigenvalue weighted by atomic mass is 35.5. The smallest absolute Gasteiger partial charge is 0.264 e. The summed E-state index contributed by atoms with van der Waals surface area (Å²) in [5.74, 6) is 1.13. The summed E-state index contributed by atoms with van der Waals surface area (Å²) in [6.07, 6.45) is 9.86. The van der Waals surface area contributed by atoms with Gasteiger partial charge >= 0.3 is 0 Å². The van der Waals surface area contributed by atoms with Crippen LogP contribution in [0.5, 0.6) is 5.75 Å². The second kappa shape index (κ2) is 13.0. The molecule has 12 heteroatoms. The number of fused-ring (bicyclic) bond motifs is 4. The largest absolute Gasteiger partial charge is 0.490 e. The number of carbonyl (C=O) groups is 1. The molecule has 3 aromatic rings. The first kappa shape index (κ1) is 34.1. The highest BCUT2D eigenvalue weighted by molar-refractivity contribution is 7.90. The zero-order valence-electron chi connectivity index (χ0n) is 28.6. The van der Waals surface area contributed by atoms with Gasteiger partial charge in [0.2, 0.25) is 21.8 Å². The molecule has 0 saturated heterocycles. The van der Waals surface area contributed by atoms with Crippen molar-refractivity contribution in [2.24, 2.45) is 17.8 Å². The first-order valence-corrected chi connectivity index (χ1v) is 19.2. The number of hydrogen-bond donors (Lipinski definition) is 1. The standard InChI is InChI=1S/C37H45ClN4O6S/c1-23-7-5-16-37(46-4,19-34-40-39-25(3)48-34)31-12-9-28(31)20-42-21-36(15-6-8-26-17-29(38)11-13-30(26)36)22-47-33-14-10-27(18-32(33)42)35(43)41-49(44,45)24(23)2/h5,10-11,13-14,16-18,23-24,28,31H,6-9,12,15,19-22H2,1-4H3,(H,41,43)/b16-5-/t23-,24+,28-,31+,36-,37+/m0/s1. The number of rotatable bonds is 3. The summed E-state index contributed by atoms with van der Waals surface area (Å²) in [7, 11) is -2.25. The SMILES string of the molecule is CO[C@@]1(Cc2nnc(C)o2)/C=C\C[C@H](C)[C@@H](C)S(=O)(=O)NC(=O)c2ccc3c(c2)N(C[C@@H]2CC[C@H]21)C[C@@]1(CCCc2cc(Cl)ccc21)CO3. The highest BCUT2D eigenvalue weighted by Gasteiger charge is 2.50. The molecule has 1 spiro atoms. The number of carbonyl (C=O) groups excluding carboxylic acids is 1. The van der Waals surface area contributed by atoms with Gasteiger partial charge in [-0.15, -0.1) is 10.2 Å². The van der Waals surface area contributed by atoms with Gasteiger partial charge in [-0.2, -0.15) is 0 Å². The van der Waals surface area contributed by atoms with E-state index in [0.717, 1.165) is 42.8 Å². The predicted molar refractivity (Wildman–Crippen MR) is 188 cm³/mol. The molecule has 262 valence electrons. The van der Waals surface area contributed by atoms with Crippen LogP contribution in [0.4, 0.5) is 5.69 Å². The molecule has 0 unspecified atom stereocenters. The number of benzene rings is 2. The number of hydrogen-bond acceptors (Lipinski definition) is 9. The number of anilines is 1. The van der Waals surface area contributed by atoms with Gasteiger partial charge in [0.05, 0.1) is 29.6 Å². The van der Waals surface area contributed by atoms with Crippen molar-refractivity contribution in [2.45, 2.75) is 82.0 Å². The molecule has 2 bridgehead atoms. The fourth-order valence-corrected chi connectivity index (χ4v) is 9.96. The van der Waals surface area contributed by atoms with Gasteiger partial charge in [-0.25, -0.2) is 13.1 Å². The molecule has 1 N–H and O–H groups in total. The van der Waals surface area contributed by atoms with Gasteiger partial charge in [0.25, 0.3) is 5.91 Å². The molecular weight excluding hydrogens is 664 g/mol. The third-order valence-corrected chi connectivity index (χ3v) is 13.8. The Hall–Kier alpha value is -3.41. The van der Waals surface area contributed by atoms with E-state index >= 15 is 0 Å². The molecule has 1 fully saturated rings. The number of sulfonamides is 1. The van der Waals surface area contributed by atoms with Crippen LogP contribution in [0.1, 0.15) is 79.2 Å². The van der Waals surface area contributed by atoms with Crippen LogP contribution < -0.4 is 14.4 Å². The van der Waals surface area contributed by atoms with E-state index in [1.54, 1.807) is 33.1 Å². The minimum absolute atomic E-state index is 0.123. The minimum atomic E-state index is -3.98. The number of aromatic nitrogens is 2. The number of nitrogens with zero attached hydrogens (tertiary/aromatic N) is 3. The van der Waals surface area contributed by atoms with Crippen LogP contribution in [0.15, 0.2) is 53.0 Å². The Morgan fingerprint density at radius 2 is 1.98 bits per heavy atom. The maximum Gasteiger partial charge on any atom is 0.264 e. The van der Waals surface area contributed by atoms with Crippen LogP contribution in [0.25, 0.3) is 0 Å².